The van der Waals surface area contributed by atoms with Gasteiger partial charge in [-0.3, -0.25) is 0 Å². The number of hydrogen-bond donors (Lipinski definition) is 0. The molecule has 19 heavy (non-hydrogen) atoms. The van der Waals surface area contributed by atoms with Gasteiger partial charge in [-0.05, 0) is 0 Å². The molecule has 4 atom stereocenters. The molecule has 4 unspecified atom stereocenters. The number of benzene rings is 1. The first kappa shape index (κ1) is 7.21. The van der Waals surface area contributed by atoms with Crippen LogP contribution < -0.4 is 5.30 Å². The summed E-state index contributed by atoms with van der Waals surface area (Å²) in [7, 11) is 0.288. The first-order valence-electron chi connectivity index (χ1n) is 7.74. The predicted octanol–water partition coefficient (Wildman–Crippen LogP) is 4.40. The van der Waals surface area contributed by atoms with Gasteiger partial charge in [0.05, 0.1) is 0 Å². The fraction of sp³-hybridized carbons (Fsp3) is 0.625. The molecular formula is C16H13FeOP. The Morgan fingerprint density at radius 3 is 1.89 bits per heavy atom. The standard InChI is InChI=1S/C11H8OP.C5H5.Fe/c12-13-11-8-4-3-7-10(11)9-5-1-2-6-9;1-2-4-5-3-1;/h1-8H;1-5H;. The van der Waals surface area contributed by atoms with E-state index in [2.05, 4.69) is 24.3 Å². The van der Waals surface area contributed by atoms with Crippen molar-refractivity contribution >= 4 is 13.8 Å². The van der Waals surface area contributed by atoms with Crippen molar-refractivity contribution < 1.29 is 11.1 Å². The van der Waals surface area contributed by atoms with E-state index in [0.717, 1.165) is 4.31 Å². The molecule has 10 aliphatic rings. The van der Waals surface area contributed by atoms with E-state index in [0.29, 0.717) is 0 Å². The summed E-state index contributed by atoms with van der Waals surface area (Å²) in [4.78, 5) is 12.1. The van der Waals surface area contributed by atoms with Gasteiger partial charge in [-0.25, -0.2) is 0 Å². The van der Waals surface area contributed by atoms with Crippen LogP contribution in [0.2, 0.25) is 43.3 Å². The third-order valence-electron chi connectivity index (χ3n) is 16.1. The van der Waals surface area contributed by atoms with E-state index in [1.807, 2.05) is 0 Å². The van der Waals surface area contributed by atoms with E-state index in [4.69, 9.17) is 0 Å². The van der Waals surface area contributed by atoms with Crippen LogP contribution in [0.4, 0.5) is 0 Å². The third-order valence-corrected chi connectivity index (χ3v) is 59.0. The van der Waals surface area contributed by atoms with Crippen LogP contribution in [0.1, 0.15) is 5.56 Å². The van der Waals surface area contributed by atoms with Crippen molar-refractivity contribution in [3.05, 3.63) is 29.8 Å². The molecule has 0 saturated carbocycles. The van der Waals surface area contributed by atoms with Crippen molar-refractivity contribution in [1.29, 1.82) is 0 Å². The van der Waals surface area contributed by atoms with E-state index in [9.17, 15) is 4.57 Å². The van der Waals surface area contributed by atoms with E-state index >= 15 is 0 Å². The van der Waals surface area contributed by atoms with Crippen LogP contribution in [-0.4, -0.2) is 0 Å². The average molecular weight is 308 g/mol. The summed E-state index contributed by atoms with van der Waals surface area (Å²) in [6, 6.07) is 8.88. The summed E-state index contributed by atoms with van der Waals surface area (Å²) in [5.74, 6) is 0. The first-order valence-corrected chi connectivity index (χ1v) is 14.8. The number of fused-ring (bicyclic) bond motifs is 10. The van der Waals surface area contributed by atoms with Crippen LogP contribution in [0.25, 0.3) is 0 Å². The molecule has 1 aromatic carbocycles. The van der Waals surface area contributed by atoms with Crippen LogP contribution >= 0.6 is 8.46 Å². The van der Waals surface area contributed by atoms with E-state index in [1.54, 1.807) is 5.56 Å². The summed E-state index contributed by atoms with van der Waals surface area (Å²) < 4.78 is 12.4. The van der Waals surface area contributed by atoms with Crippen molar-refractivity contribution in [2.24, 2.45) is 0 Å². The maximum absolute atomic E-state index is 11.7. The zero-order chi connectivity index (χ0) is 11.7. The fourth-order valence-electron chi connectivity index (χ4n) is 17.8. The minimum atomic E-state index is -3.03. The third kappa shape index (κ3) is 0.0833. The summed E-state index contributed by atoms with van der Waals surface area (Å²) in [5.41, 5.74) is 1.64. The van der Waals surface area contributed by atoms with Crippen LogP contribution in [0.5, 0.6) is 0 Å². The molecule has 1 aromatic rings. The predicted molar refractivity (Wildman–Crippen MR) is 69.1 cm³/mol. The topological polar surface area (TPSA) is 17.1 Å². The van der Waals surface area contributed by atoms with Gasteiger partial charge < -0.3 is 0 Å². The van der Waals surface area contributed by atoms with Crippen molar-refractivity contribution in [2.45, 2.75) is 47.7 Å². The Labute approximate surface area is 102 Å². The van der Waals surface area contributed by atoms with Gasteiger partial charge in [0.1, 0.15) is 0 Å². The normalized spacial score (nSPS) is 108. The molecule has 0 aliphatic carbocycles. The molecule has 1 nitrogen and oxygen atoms in total. The molecule has 10 aliphatic heterocycles. The molecule has 10 saturated heterocycles. The second-order valence-corrected chi connectivity index (χ2v) is 35.5. The van der Waals surface area contributed by atoms with Crippen molar-refractivity contribution in [2.75, 3.05) is 0 Å². The molecule has 0 bridgehead atoms. The van der Waals surface area contributed by atoms with E-state index in [-0.39, 0.29) is 8.46 Å². The van der Waals surface area contributed by atoms with Gasteiger partial charge >= 0.3 is 102 Å². The molecule has 11 rings (SSSR count). The molecule has 3 heteroatoms. The SMILES string of the molecule is O=Pc1ccccc1[C]12[CH]3[CH]4[CH]5[CH]1[Fe]45321678[CH]2[CH]1[CH]6[CH]7[CH]28. The number of hydrogen-bond acceptors (Lipinski definition) is 1. The minimum absolute atomic E-state index is 0.288. The Bertz CT molecular complexity index is 1140. The van der Waals surface area contributed by atoms with Gasteiger partial charge in [0.15, 0.2) is 0 Å². The van der Waals surface area contributed by atoms with Crippen LogP contribution in [-0.2, 0) is 15.4 Å². The second-order valence-electron chi connectivity index (χ2n) is 11.3. The van der Waals surface area contributed by atoms with Crippen LogP contribution in [0.15, 0.2) is 24.3 Å². The molecule has 0 amide bonds. The van der Waals surface area contributed by atoms with Gasteiger partial charge in [0, 0.05) is 0 Å². The van der Waals surface area contributed by atoms with Gasteiger partial charge in [-0.2, -0.15) is 0 Å². The zero-order valence-electron chi connectivity index (χ0n) is 10.2. The fourth-order valence-corrected chi connectivity index (χ4v) is 92.6. The summed E-state index contributed by atoms with van der Waals surface area (Å²) in [6.07, 6.45) is 0. The summed E-state index contributed by atoms with van der Waals surface area (Å²) in [6.45, 7) is -3.03. The molecule has 0 radical (unpaired) electrons. The molecule has 1 spiro atoms. The molecule has 10 heterocycles. The average Bonchev–Trinajstić information content (AvgIpc) is 3.39. The summed E-state index contributed by atoms with van der Waals surface area (Å²) >= 11 is 0. The quantitative estimate of drug-likeness (QED) is 0.584. The Hall–Kier alpha value is -0.161. The molecule has 0 N–H and O–H groups in total. The molecule has 0 aromatic heterocycles. The van der Waals surface area contributed by atoms with Gasteiger partial charge in [-0.1, -0.05) is 0 Å². The zero-order valence-corrected chi connectivity index (χ0v) is 12.2. The number of rotatable bonds is 2. The Morgan fingerprint density at radius 1 is 0.895 bits per heavy atom. The Balaban J connectivity index is 1.55. The van der Waals surface area contributed by atoms with Crippen LogP contribution in [0, 0.1) is 0 Å². The first-order chi connectivity index (χ1) is 9.10. The second kappa shape index (κ2) is 0.641. The van der Waals surface area contributed by atoms with Crippen molar-refractivity contribution in [1.82, 2.24) is 0 Å². The van der Waals surface area contributed by atoms with Crippen molar-refractivity contribution in [3.63, 3.8) is 0 Å². The van der Waals surface area contributed by atoms with Crippen LogP contribution in [0.3, 0.4) is 0 Å². The van der Waals surface area contributed by atoms with E-state index < -0.39 is 6.51 Å². The molecule has 96 valence electrons. The Kier molecular flexibility index (Phi) is 0.243. The van der Waals surface area contributed by atoms with Gasteiger partial charge in [0.2, 0.25) is 0 Å². The monoisotopic (exact) mass is 308 g/mol. The maximum atomic E-state index is 11.7. The van der Waals surface area contributed by atoms with Gasteiger partial charge in [0.25, 0.3) is 0 Å². The van der Waals surface area contributed by atoms with E-state index in [1.165, 1.54) is 48.7 Å². The van der Waals surface area contributed by atoms with Crippen molar-refractivity contribution in [3.8, 4) is 0 Å². The molecular weight excluding hydrogens is 295 g/mol. The van der Waals surface area contributed by atoms with Gasteiger partial charge in [-0.15, -0.1) is 0 Å². The summed E-state index contributed by atoms with van der Waals surface area (Å²) in [5, 5.41) is 1.18. The molecule has 10 fully saturated rings. The Morgan fingerprint density at radius 2 is 1.47 bits per heavy atom.